The normalized spacial score (nSPS) is 12.5. The molecule has 0 aliphatic rings. The zero-order chi connectivity index (χ0) is 16.0. The minimum atomic E-state index is -4.07. The first-order valence-electron chi connectivity index (χ1n) is 5.46. The van der Waals surface area contributed by atoms with Crippen molar-refractivity contribution in [3.8, 4) is 11.3 Å². The van der Waals surface area contributed by atoms with Crippen molar-refractivity contribution in [2.75, 3.05) is 18.2 Å². The van der Waals surface area contributed by atoms with Gasteiger partial charge in [0.1, 0.15) is 10.7 Å². The molecule has 0 saturated carbocycles. The predicted octanol–water partition coefficient (Wildman–Crippen LogP) is 0.870. The average Bonchev–Trinajstić information content (AvgIpc) is 2.72. The van der Waals surface area contributed by atoms with Crippen LogP contribution in [0.4, 0.5) is 10.2 Å². The van der Waals surface area contributed by atoms with E-state index in [4.69, 9.17) is 10.3 Å². The van der Waals surface area contributed by atoms with Crippen LogP contribution in [0.3, 0.4) is 0 Å². The number of aromatic nitrogens is 1. The molecule has 0 bridgehead atoms. The zero-order valence-corrected chi connectivity index (χ0v) is 12.6. The maximum atomic E-state index is 14.1. The number of nitrogens with zero attached hydrogens (tertiary/aromatic N) is 1. The summed E-state index contributed by atoms with van der Waals surface area (Å²) in [6.07, 6.45) is 1.52. The summed E-state index contributed by atoms with van der Waals surface area (Å²) < 4.78 is 65.6. The number of sulfone groups is 2. The molecule has 7 nitrogen and oxygen atoms in total. The summed E-state index contributed by atoms with van der Waals surface area (Å²) in [7, 11) is -8.04. The lowest BCUT2D eigenvalue weighted by atomic mass is 10.1. The molecule has 10 heteroatoms. The number of nitrogen functional groups attached to an aromatic ring is 1. The van der Waals surface area contributed by atoms with E-state index in [1.165, 1.54) is 6.07 Å². The van der Waals surface area contributed by atoms with E-state index in [1.807, 2.05) is 0 Å². The topological polar surface area (TPSA) is 120 Å². The Morgan fingerprint density at radius 2 is 1.71 bits per heavy atom. The van der Waals surface area contributed by atoms with Crippen LogP contribution in [-0.4, -0.2) is 34.5 Å². The molecule has 21 heavy (non-hydrogen) atoms. The second-order valence-electron chi connectivity index (χ2n) is 4.45. The Bertz CT molecular complexity index is 916. The van der Waals surface area contributed by atoms with Crippen molar-refractivity contribution < 1.29 is 25.7 Å². The van der Waals surface area contributed by atoms with E-state index in [0.29, 0.717) is 0 Å². The van der Waals surface area contributed by atoms with Crippen molar-refractivity contribution >= 4 is 25.5 Å². The van der Waals surface area contributed by atoms with E-state index < -0.39 is 35.3 Å². The first-order chi connectivity index (χ1) is 9.50. The molecule has 0 aliphatic carbocycles. The van der Waals surface area contributed by atoms with E-state index in [0.717, 1.165) is 24.6 Å². The maximum absolute atomic E-state index is 14.1. The Balaban J connectivity index is 2.85. The minimum Gasteiger partial charge on any atom is -0.381 e. The molecule has 114 valence electrons. The number of rotatable bonds is 3. The first-order valence-corrected chi connectivity index (χ1v) is 9.24. The third-order valence-electron chi connectivity index (χ3n) is 2.59. The van der Waals surface area contributed by atoms with Gasteiger partial charge in [-0.15, -0.1) is 0 Å². The Hall–Kier alpha value is -1.94. The molecule has 0 atom stereocenters. The SMILES string of the molecule is CS(=O)(=O)c1cc(-c2cc(N)no2)cc(F)c1S(C)(=O)=O. The summed E-state index contributed by atoms with van der Waals surface area (Å²) in [6.45, 7) is 0. The molecule has 0 radical (unpaired) electrons. The monoisotopic (exact) mass is 334 g/mol. The van der Waals surface area contributed by atoms with Gasteiger partial charge in [-0.3, -0.25) is 0 Å². The Labute approximate surface area is 120 Å². The number of hydrogen-bond donors (Lipinski definition) is 1. The van der Waals surface area contributed by atoms with Gasteiger partial charge in [-0.2, -0.15) is 0 Å². The molecule has 0 amide bonds. The summed E-state index contributed by atoms with van der Waals surface area (Å²) in [5.74, 6) is -1.14. The number of benzene rings is 1. The van der Waals surface area contributed by atoms with Gasteiger partial charge in [0.25, 0.3) is 0 Å². The Morgan fingerprint density at radius 3 is 2.14 bits per heavy atom. The van der Waals surface area contributed by atoms with E-state index >= 15 is 0 Å². The van der Waals surface area contributed by atoms with E-state index in [9.17, 15) is 21.2 Å². The van der Waals surface area contributed by atoms with Crippen LogP contribution < -0.4 is 5.73 Å². The van der Waals surface area contributed by atoms with Gasteiger partial charge in [0.05, 0.1) is 4.90 Å². The number of hydrogen-bond acceptors (Lipinski definition) is 7. The summed E-state index contributed by atoms with van der Waals surface area (Å²) in [6, 6.07) is 3.13. The third-order valence-corrected chi connectivity index (χ3v) is 5.00. The van der Waals surface area contributed by atoms with Crippen molar-refractivity contribution in [3.63, 3.8) is 0 Å². The second kappa shape index (κ2) is 4.81. The van der Waals surface area contributed by atoms with E-state index in [1.54, 1.807) is 0 Å². The van der Waals surface area contributed by atoms with Gasteiger partial charge in [0, 0.05) is 24.1 Å². The molecule has 0 aliphatic heterocycles. The van der Waals surface area contributed by atoms with Crippen LogP contribution in [-0.2, 0) is 19.7 Å². The van der Waals surface area contributed by atoms with Crippen molar-refractivity contribution in [1.82, 2.24) is 5.16 Å². The summed E-state index contributed by atoms with van der Waals surface area (Å²) in [4.78, 5) is -1.52. The first kappa shape index (κ1) is 15.4. The van der Waals surface area contributed by atoms with Crippen molar-refractivity contribution in [1.29, 1.82) is 0 Å². The quantitative estimate of drug-likeness (QED) is 0.884. The molecule has 2 N–H and O–H groups in total. The summed E-state index contributed by atoms with van der Waals surface area (Å²) >= 11 is 0. The van der Waals surface area contributed by atoms with Crippen molar-refractivity contribution in [3.05, 3.63) is 24.0 Å². The van der Waals surface area contributed by atoms with Crippen molar-refractivity contribution in [2.45, 2.75) is 9.79 Å². The van der Waals surface area contributed by atoms with Gasteiger partial charge < -0.3 is 10.3 Å². The number of anilines is 1. The van der Waals surface area contributed by atoms with Crippen molar-refractivity contribution in [2.24, 2.45) is 0 Å². The Kier molecular flexibility index (Phi) is 3.54. The molecule has 0 saturated heterocycles. The highest BCUT2D eigenvalue weighted by molar-refractivity contribution is 7.93. The van der Waals surface area contributed by atoms with E-state index in [2.05, 4.69) is 5.16 Å². The lowest BCUT2D eigenvalue weighted by molar-refractivity contribution is 0.435. The molecule has 1 aromatic heterocycles. The molecule has 2 rings (SSSR count). The number of halogens is 1. The highest BCUT2D eigenvalue weighted by Crippen LogP contribution is 2.31. The van der Waals surface area contributed by atoms with Gasteiger partial charge in [-0.05, 0) is 12.1 Å². The largest absolute Gasteiger partial charge is 0.381 e. The molecular formula is C11H11FN2O5S2. The Morgan fingerprint density at radius 1 is 1.10 bits per heavy atom. The molecule has 0 fully saturated rings. The summed E-state index contributed by atoms with van der Waals surface area (Å²) in [5, 5.41) is 3.40. The van der Waals surface area contributed by atoms with Crippen LogP contribution in [0.5, 0.6) is 0 Å². The predicted molar refractivity (Wildman–Crippen MR) is 72.5 cm³/mol. The van der Waals surface area contributed by atoms with Gasteiger partial charge >= 0.3 is 0 Å². The number of nitrogens with two attached hydrogens (primary N) is 1. The molecular weight excluding hydrogens is 323 g/mol. The fraction of sp³-hybridized carbons (Fsp3) is 0.182. The molecule has 0 spiro atoms. The highest BCUT2D eigenvalue weighted by Gasteiger charge is 2.26. The smallest absolute Gasteiger partial charge is 0.179 e. The van der Waals surface area contributed by atoms with Gasteiger partial charge in [-0.25, -0.2) is 21.2 Å². The average molecular weight is 334 g/mol. The van der Waals surface area contributed by atoms with Crippen LogP contribution in [0.15, 0.2) is 32.5 Å². The van der Waals surface area contributed by atoms with Gasteiger partial charge in [-0.1, -0.05) is 5.16 Å². The van der Waals surface area contributed by atoms with Crippen LogP contribution in [0.2, 0.25) is 0 Å². The molecule has 1 heterocycles. The highest BCUT2D eigenvalue weighted by atomic mass is 32.2. The summed E-state index contributed by atoms with van der Waals surface area (Å²) in [5.41, 5.74) is 5.38. The lowest BCUT2D eigenvalue weighted by Crippen LogP contribution is -2.10. The van der Waals surface area contributed by atoms with Crippen LogP contribution >= 0.6 is 0 Å². The standard InChI is InChI=1S/C11H11FN2O5S2/c1-20(15,16)9-4-6(8-5-10(13)14-19-8)3-7(12)11(9)21(2,17)18/h3-5H,1-2H3,(H2,13,14). The minimum absolute atomic E-state index is 0.0181. The fourth-order valence-corrected chi connectivity index (χ4v) is 4.29. The lowest BCUT2D eigenvalue weighted by Gasteiger charge is -2.09. The zero-order valence-electron chi connectivity index (χ0n) is 11.0. The fourth-order valence-electron chi connectivity index (χ4n) is 1.77. The van der Waals surface area contributed by atoms with Crippen LogP contribution in [0.25, 0.3) is 11.3 Å². The third kappa shape index (κ3) is 3.05. The molecule has 1 aromatic carbocycles. The molecule has 0 unspecified atom stereocenters. The second-order valence-corrected chi connectivity index (χ2v) is 8.38. The van der Waals surface area contributed by atoms with Crippen LogP contribution in [0, 0.1) is 5.82 Å². The van der Waals surface area contributed by atoms with Gasteiger partial charge in [0.15, 0.2) is 31.3 Å². The van der Waals surface area contributed by atoms with Crippen LogP contribution in [0.1, 0.15) is 0 Å². The van der Waals surface area contributed by atoms with E-state index in [-0.39, 0.29) is 17.1 Å². The van der Waals surface area contributed by atoms with Gasteiger partial charge in [0.2, 0.25) is 0 Å². The molecule has 2 aromatic rings. The maximum Gasteiger partial charge on any atom is 0.179 e.